The van der Waals surface area contributed by atoms with Crippen molar-refractivity contribution in [2.45, 2.75) is 46.2 Å². The first-order valence-electron chi connectivity index (χ1n) is 8.65. The largest absolute Gasteiger partial charge is 0.357 e. The summed E-state index contributed by atoms with van der Waals surface area (Å²) in [5.74, 6) is 2.81. The maximum atomic E-state index is 4.70. The number of aliphatic imine (C=N–C) groups is 1. The molecule has 1 heterocycles. The summed E-state index contributed by atoms with van der Waals surface area (Å²) in [5.41, 5.74) is 2.29. The molecule has 2 aromatic rings. The molecule has 1 aromatic carbocycles. The lowest BCUT2D eigenvalue weighted by atomic mass is 10.3. The van der Waals surface area contributed by atoms with Gasteiger partial charge >= 0.3 is 0 Å². The van der Waals surface area contributed by atoms with Gasteiger partial charge in [0.1, 0.15) is 5.82 Å². The van der Waals surface area contributed by atoms with Crippen LogP contribution in [0.4, 0.5) is 0 Å². The topological polar surface area (TPSA) is 54.2 Å². The number of aryl methyl sites for hydroxylation is 2. The van der Waals surface area contributed by atoms with Crippen molar-refractivity contribution in [3.05, 3.63) is 30.1 Å². The highest BCUT2D eigenvalue weighted by Crippen LogP contribution is 2.28. The summed E-state index contributed by atoms with van der Waals surface area (Å²) in [6.07, 6.45) is 2.27. The van der Waals surface area contributed by atoms with Crippen molar-refractivity contribution in [2.24, 2.45) is 10.9 Å². The molecule has 1 saturated carbocycles. The highest BCUT2D eigenvalue weighted by molar-refractivity contribution is 5.80. The second kappa shape index (κ2) is 7.02. The monoisotopic (exact) mass is 313 g/mol. The van der Waals surface area contributed by atoms with E-state index in [4.69, 9.17) is 4.99 Å². The van der Waals surface area contributed by atoms with Crippen LogP contribution in [0.2, 0.25) is 0 Å². The van der Waals surface area contributed by atoms with Crippen LogP contribution >= 0.6 is 0 Å². The van der Waals surface area contributed by atoms with Crippen LogP contribution in [0.1, 0.15) is 32.5 Å². The smallest absolute Gasteiger partial charge is 0.191 e. The summed E-state index contributed by atoms with van der Waals surface area (Å²) < 4.78 is 2.29. The number of rotatable bonds is 6. The average Bonchev–Trinajstić information content (AvgIpc) is 3.13. The molecule has 0 bridgehead atoms. The molecule has 0 spiro atoms. The average molecular weight is 313 g/mol. The Morgan fingerprint density at radius 1 is 1.39 bits per heavy atom. The minimum absolute atomic E-state index is 0.604. The van der Waals surface area contributed by atoms with Crippen LogP contribution in [-0.4, -0.2) is 34.6 Å². The van der Waals surface area contributed by atoms with Crippen LogP contribution in [0.3, 0.4) is 0 Å². The first kappa shape index (κ1) is 15.8. The quantitative estimate of drug-likeness (QED) is 0.490. The predicted octanol–water partition coefficient (Wildman–Crippen LogP) is 2.70. The molecule has 2 unspecified atom stereocenters. The van der Waals surface area contributed by atoms with Gasteiger partial charge in [-0.2, -0.15) is 0 Å². The van der Waals surface area contributed by atoms with Crippen LogP contribution in [0.25, 0.3) is 11.0 Å². The van der Waals surface area contributed by atoms with E-state index in [1.807, 2.05) is 6.07 Å². The van der Waals surface area contributed by atoms with E-state index in [-0.39, 0.29) is 0 Å². The number of nitrogens with zero attached hydrogens (tertiary/aromatic N) is 3. The summed E-state index contributed by atoms with van der Waals surface area (Å²) in [5, 5.41) is 6.82. The second-order valence-corrected chi connectivity index (χ2v) is 6.38. The molecule has 1 aliphatic rings. The number of hydrogen-bond donors (Lipinski definition) is 2. The number of hydrogen-bond acceptors (Lipinski definition) is 2. The highest BCUT2D eigenvalue weighted by Gasteiger charge is 2.33. The standard InChI is InChI=1S/C18H27N5/c1-4-19-18(22-16-12-13(16)2)20-10-7-11-23-14(3)21-15-8-5-6-9-17(15)23/h5-6,8-9,13,16H,4,7,10-12H2,1-3H3,(H2,19,20,22). The summed E-state index contributed by atoms with van der Waals surface area (Å²) in [4.78, 5) is 9.31. The van der Waals surface area contributed by atoms with Crippen molar-refractivity contribution in [3.63, 3.8) is 0 Å². The van der Waals surface area contributed by atoms with Gasteiger partial charge in [0.15, 0.2) is 5.96 Å². The molecule has 5 heteroatoms. The Kier molecular flexibility index (Phi) is 4.84. The van der Waals surface area contributed by atoms with E-state index in [1.165, 1.54) is 11.9 Å². The molecule has 1 aliphatic carbocycles. The zero-order valence-electron chi connectivity index (χ0n) is 14.3. The number of nitrogens with one attached hydrogen (secondary N) is 2. The molecule has 1 aromatic heterocycles. The molecule has 5 nitrogen and oxygen atoms in total. The normalized spacial score (nSPS) is 20.7. The van der Waals surface area contributed by atoms with E-state index < -0.39 is 0 Å². The third-order valence-electron chi connectivity index (χ3n) is 4.43. The third-order valence-corrected chi connectivity index (χ3v) is 4.43. The SMILES string of the molecule is CCNC(=NCCCn1c(C)nc2ccccc21)NC1CC1C. The lowest BCUT2D eigenvalue weighted by Gasteiger charge is -2.11. The third kappa shape index (κ3) is 3.84. The summed E-state index contributed by atoms with van der Waals surface area (Å²) in [6.45, 7) is 9.13. The molecule has 1 fully saturated rings. The molecular formula is C18H27N5. The van der Waals surface area contributed by atoms with Crippen molar-refractivity contribution in [2.75, 3.05) is 13.1 Å². The van der Waals surface area contributed by atoms with Gasteiger partial charge in [-0.15, -0.1) is 0 Å². The van der Waals surface area contributed by atoms with Crippen molar-refractivity contribution < 1.29 is 0 Å². The predicted molar refractivity (Wildman–Crippen MR) is 95.8 cm³/mol. The van der Waals surface area contributed by atoms with E-state index in [2.05, 4.69) is 59.2 Å². The molecule has 2 atom stereocenters. The Labute approximate surface area is 138 Å². The maximum absolute atomic E-state index is 4.70. The van der Waals surface area contributed by atoms with Crippen molar-refractivity contribution >= 4 is 17.0 Å². The van der Waals surface area contributed by atoms with Gasteiger partial charge in [0.25, 0.3) is 0 Å². The van der Waals surface area contributed by atoms with Gasteiger partial charge in [-0.1, -0.05) is 19.1 Å². The second-order valence-electron chi connectivity index (χ2n) is 6.38. The van der Waals surface area contributed by atoms with E-state index in [9.17, 15) is 0 Å². The lowest BCUT2D eigenvalue weighted by molar-refractivity contribution is 0.645. The number of fused-ring (bicyclic) bond motifs is 1. The van der Waals surface area contributed by atoms with Gasteiger partial charge < -0.3 is 15.2 Å². The number of para-hydroxylation sites is 2. The van der Waals surface area contributed by atoms with Crippen LogP contribution in [-0.2, 0) is 6.54 Å². The molecule has 0 radical (unpaired) electrons. The Morgan fingerprint density at radius 2 is 2.17 bits per heavy atom. The zero-order valence-corrected chi connectivity index (χ0v) is 14.3. The fourth-order valence-corrected chi connectivity index (χ4v) is 2.92. The van der Waals surface area contributed by atoms with Crippen molar-refractivity contribution in [1.82, 2.24) is 20.2 Å². The first-order valence-corrected chi connectivity index (χ1v) is 8.65. The van der Waals surface area contributed by atoms with Gasteiger partial charge in [-0.25, -0.2) is 4.98 Å². The number of guanidine groups is 1. The van der Waals surface area contributed by atoms with Crippen molar-refractivity contribution in [3.8, 4) is 0 Å². The molecule has 0 amide bonds. The fourth-order valence-electron chi connectivity index (χ4n) is 2.92. The Morgan fingerprint density at radius 3 is 2.91 bits per heavy atom. The number of aromatic nitrogens is 2. The van der Waals surface area contributed by atoms with E-state index in [0.717, 1.165) is 49.3 Å². The van der Waals surface area contributed by atoms with Crippen LogP contribution in [0, 0.1) is 12.8 Å². The molecule has 23 heavy (non-hydrogen) atoms. The molecule has 124 valence electrons. The van der Waals surface area contributed by atoms with E-state index in [1.54, 1.807) is 0 Å². The van der Waals surface area contributed by atoms with Gasteiger partial charge in [-0.3, -0.25) is 4.99 Å². The van der Waals surface area contributed by atoms with Crippen LogP contribution in [0.15, 0.2) is 29.3 Å². The Bertz CT molecular complexity index is 688. The maximum Gasteiger partial charge on any atom is 0.191 e. The zero-order chi connectivity index (χ0) is 16.2. The first-order chi connectivity index (χ1) is 11.2. The molecule has 3 rings (SSSR count). The number of benzene rings is 1. The fraction of sp³-hybridized carbons (Fsp3) is 0.556. The van der Waals surface area contributed by atoms with Gasteiger partial charge in [0.2, 0.25) is 0 Å². The molecular weight excluding hydrogens is 286 g/mol. The lowest BCUT2D eigenvalue weighted by Crippen LogP contribution is -2.39. The van der Waals surface area contributed by atoms with E-state index >= 15 is 0 Å². The number of imidazole rings is 1. The van der Waals surface area contributed by atoms with E-state index in [0.29, 0.717) is 6.04 Å². The minimum atomic E-state index is 0.604. The molecule has 0 aliphatic heterocycles. The van der Waals surface area contributed by atoms with Gasteiger partial charge in [0.05, 0.1) is 11.0 Å². The summed E-state index contributed by atoms with van der Waals surface area (Å²) >= 11 is 0. The van der Waals surface area contributed by atoms with Crippen LogP contribution < -0.4 is 10.6 Å². The summed E-state index contributed by atoms with van der Waals surface area (Å²) in [6, 6.07) is 8.92. The van der Waals surface area contributed by atoms with Crippen molar-refractivity contribution in [1.29, 1.82) is 0 Å². The minimum Gasteiger partial charge on any atom is -0.357 e. The van der Waals surface area contributed by atoms with Gasteiger partial charge in [0, 0.05) is 25.7 Å². The molecule has 2 N–H and O–H groups in total. The Balaban J connectivity index is 1.56. The molecule has 0 saturated heterocycles. The van der Waals surface area contributed by atoms with Gasteiger partial charge in [-0.05, 0) is 44.7 Å². The Hall–Kier alpha value is -2.04. The summed E-state index contributed by atoms with van der Waals surface area (Å²) in [7, 11) is 0. The van der Waals surface area contributed by atoms with Crippen LogP contribution in [0.5, 0.6) is 0 Å². The highest BCUT2D eigenvalue weighted by atomic mass is 15.2.